The Labute approximate surface area is 109 Å². The molecule has 0 bridgehead atoms. The van der Waals surface area contributed by atoms with Crippen LogP contribution in [0.2, 0.25) is 0 Å². The van der Waals surface area contributed by atoms with Gasteiger partial charge in [-0.3, -0.25) is 0 Å². The van der Waals surface area contributed by atoms with Crippen LogP contribution in [0.1, 0.15) is 10.5 Å². The quantitative estimate of drug-likeness (QED) is 0.838. The van der Waals surface area contributed by atoms with E-state index in [-0.39, 0.29) is 5.69 Å². The van der Waals surface area contributed by atoms with Crippen molar-refractivity contribution in [2.45, 2.75) is 0 Å². The molecule has 0 radical (unpaired) electrons. The highest BCUT2D eigenvalue weighted by Crippen LogP contribution is 2.25. The Morgan fingerprint density at radius 2 is 2.31 bits per heavy atom. The summed E-state index contributed by atoms with van der Waals surface area (Å²) in [6, 6.07) is 7.70. The molecule has 6 heteroatoms. The summed E-state index contributed by atoms with van der Waals surface area (Å²) < 4.78 is 1.09. The number of halogens is 1. The normalized spacial score (nSPS) is 10.1. The van der Waals surface area contributed by atoms with Crippen LogP contribution in [0.5, 0.6) is 0 Å². The number of aromatic carboxylic acids is 1. The van der Waals surface area contributed by atoms with Crippen molar-refractivity contribution in [2.24, 2.45) is 0 Å². The molecule has 0 saturated heterocycles. The van der Waals surface area contributed by atoms with Crippen LogP contribution in [-0.4, -0.2) is 16.1 Å². The number of carboxylic acids is 1. The second-order valence-electron chi connectivity index (χ2n) is 2.97. The number of hydrogen-bond acceptors (Lipinski definition) is 4. The summed E-state index contributed by atoms with van der Waals surface area (Å²) >= 11 is 3.47. The van der Waals surface area contributed by atoms with Crippen LogP contribution in [0, 0.1) is 3.57 Å². The molecule has 4 nitrogen and oxygen atoms in total. The van der Waals surface area contributed by atoms with Gasteiger partial charge in [-0.1, -0.05) is 6.07 Å². The molecule has 0 amide bonds. The van der Waals surface area contributed by atoms with E-state index < -0.39 is 5.97 Å². The average Bonchev–Trinajstić information content (AvgIpc) is 2.66. The zero-order chi connectivity index (χ0) is 11.5. The Bertz CT molecular complexity index is 527. The molecule has 0 saturated carbocycles. The average molecular weight is 346 g/mol. The summed E-state index contributed by atoms with van der Waals surface area (Å²) in [6.07, 6.45) is 0. The fraction of sp³-hybridized carbons (Fsp3) is 0. The molecule has 1 aromatic heterocycles. The van der Waals surface area contributed by atoms with Gasteiger partial charge < -0.3 is 10.4 Å². The first kappa shape index (κ1) is 11.3. The Balaban J connectivity index is 2.27. The van der Waals surface area contributed by atoms with Gasteiger partial charge >= 0.3 is 5.97 Å². The Morgan fingerprint density at radius 1 is 1.50 bits per heavy atom. The lowest BCUT2D eigenvalue weighted by atomic mass is 10.3. The molecule has 1 aromatic carbocycles. The highest BCUT2D eigenvalue weighted by molar-refractivity contribution is 14.1. The number of aromatic nitrogens is 1. The minimum Gasteiger partial charge on any atom is -0.476 e. The molecule has 2 N–H and O–H groups in total. The molecule has 82 valence electrons. The maximum atomic E-state index is 10.8. The second-order valence-corrected chi connectivity index (χ2v) is 5.07. The minimum atomic E-state index is -1.02. The molecule has 0 unspecified atom stereocenters. The third-order valence-corrected chi connectivity index (χ3v) is 3.27. The molecule has 16 heavy (non-hydrogen) atoms. The lowest BCUT2D eigenvalue weighted by Crippen LogP contribution is -2.00. The Hall–Kier alpha value is -1.15. The predicted molar refractivity (Wildman–Crippen MR) is 71.5 cm³/mol. The second kappa shape index (κ2) is 4.79. The fourth-order valence-corrected chi connectivity index (χ4v) is 2.42. The van der Waals surface area contributed by atoms with Gasteiger partial charge in [0.05, 0.1) is 5.51 Å². The standard InChI is InChI=1S/C10H7IN2O2S/c11-6-2-1-3-7(4-6)13-9-8(10(14)15)12-5-16-9/h1-5,13H,(H,14,15). The molecule has 0 spiro atoms. The lowest BCUT2D eigenvalue weighted by molar-refractivity contribution is 0.0692. The summed E-state index contributed by atoms with van der Waals surface area (Å²) in [4.78, 5) is 14.6. The number of carbonyl (C=O) groups is 1. The van der Waals surface area contributed by atoms with Crippen molar-refractivity contribution in [3.8, 4) is 0 Å². The zero-order valence-electron chi connectivity index (χ0n) is 7.98. The lowest BCUT2D eigenvalue weighted by Gasteiger charge is -2.04. The van der Waals surface area contributed by atoms with Crippen LogP contribution >= 0.6 is 33.9 Å². The van der Waals surface area contributed by atoms with E-state index in [9.17, 15) is 4.79 Å². The van der Waals surface area contributed by atoms with E-state index in [1.165, 1.54) is 16.8 Å². The van der Waals surface area contributed by atoms with E-state index in [4.69, 9.17) is 5.11 Å². The van der Waals surface area contributed by atoms with E-state index in [2.05, 4.69) is 32.9 Å². The number of carboxylic acid groups (broad SMARTS) is 1. The summed E-state index contributed by atoms with van der Waals surface area (Å²) in [5.74, 6) is -1.02. The van der Waals surface area contributed by atoms with Gasteiger partial charge in [-0.05, 0) is 40.8 Å². The minimum absolute atomic E-state index is 0.0591. The van der Waals surface area contributed by atoms with E-state index in [1.54, 1.807) is 0 Å². The maximum absolute atomic E-state index is 10.8. The van der Waals surface area contributed by atoms with Crippen molar-refractivity contribution < 1.29 is 9.90 Å². The Kier molecular flexibility index (Phi) is 3.39. The van der Waals surface area contributed by atoms with Crippen LogP contribution in [0.3, 0.4) is 0 Å². The molecule has 0 aliphatic heterocycles. The van der Waals surface area contributed by atoms with Crippen molar-refractivity contribution >= 4 is 50.6 Å². The van der Waals surface area contributed by atoms with Gasteiger partial charge in [-0.2, -0.15) is 0 Å². The van der Waals surface area contributed by atoms with Crippen molar-refractivity contribution in [1.82, 2.24) is 4.98 Å². The summed E-state index contributed by atoms with van der Waals surface area (Å²) in [7, 11) is 0. The number of anilines is 2. The van der Waals surface area contributed by atoms with Gasteiger partial charge in [0.25, 0.3) is 0 Å². The van der Waals surface area contributed by atoms with Crippen molar-refractivity contribution in [2.75, 3.05) is 5.32 Å². The van der Waals surface area contributed by atoms with Gasteiger partial charge in [0.15, 0.2) is 5.69 Å². The maximum Gasteiger partial charge on any atom is 0.357 e. The van der Waals surface area contributed by atoms with E-state index in [0.29, 0.717) is 5.00 Å². The molecule has 0 fully saturated rings. The van der Waals surface area contributed by atoms with Crippen molar-refractivity contribution in [1.29, 1.82) is 0 Å². The first-order valence-electron chi connectivity index (χ1n) is 4.36. The predicted octanol–water partition coefficient (Wildman–Crippen LogP) is 3.19. The monoisotopic (exact) mass is 346 g/mol. The fourth-order valence-electron chi connectivity index (χ4n) is 1.18. The number of hydrogen-bond donors (Lipinski definition) is 2. The van der Waals surface area contributed by atoms with Crippen LogP contribution in [0.15, 0.2) is 29.8 Å². The van der Waals surface area contributed by atoms with Gasteiger partial charge in [-0.25, -0.2) is 9.78 Å². The third-order valence-electron chi connectivity index (χ3n) is 1.85. The van der Waals surface area contributed by atoms with Crippen molar-refractivity contribution in [3.05, 3.63) is 39.0 Å². The third kappa shape index (κ3) is 2.50. The van der Waals surface area contributed by atoms with Gasteiger partial charge in [0.2, 0.25) is 0 Å². The van der Waals surface area contributed by atoms with Crippen molar-refractivity contribution in [3.63, 3.8) is 0 Å². The van der Waals surface area contributed by atoms with Crippen LogP contribution in [0.25, 0.3) is 0 Å². The van der Waals surface area contributed by atoms with Crippen LogP contribution in [-0.2, 0) is 0 Å². The van der Waals surface area contributed by atoms with Crippen LogP contribution < -0.4 is 5.32 Å². The SMILES string of the molecule is O=C(O)c1ncsc1Nc1cccc(I)c1. The van der Waals surface area contributed by atoms with Gasteiger partial charge in [0, 0.05) is 9.26 Å². The number of nitrogens with zero attached hydrogens (tertiary/aromatic N) is 1. The number of rotatable bonds is 3. The molecule has 0 aliphatic rings. The number of thiazole rings is 1. The largest absolute Gasteiger partial charge is 0.476 e. The smallest absolute Gasteiger partial charge is 0.357 e. The molecule has 2 rings (SSSR count). The molecule has 2 aromatic rings. The van der Waals surface area contributed by atoms with E-state index in [0.717, 1.165) is 9.26 Å². The van der Waals surface area contributed by atoms with E-state index >= 15 is 0 Å². The Morgan fingerprint density at radius 3 is 3.00 bits per heavy atom. The molecular formula is C10H7IN2O2S. The first-order chi connectivity index (χ1) is 7.66. The molecular weight excluding hydrogens is 339 g/mol. The number of benzene rings is 1. The number of nitrogens with one attached hydrogen (secondary N) is 1. The topological polar surface area (TPSA) is 62.2 Å². The zero-order valence-corrected chi connectivity index (χ0v) is 10.9. The van der Waals surface area contributed by atoms with Gasteiger partial charge in [-0.15, -0.1) is 11.3 Å². The highest BCUT2D eigenvalue weighted by atomic mass is 127. The highest BCUT2D eigenvalue weighted by Gasteiger charge is 2.13. The van der Waals surface area contributed by atoms with Gasteiger partial charge in [0.1, 0.15) is 5.00 Å². The molecule has 0 atom stereocenters. The molecule has 1 heterocycles. The van der Waals surface area contributed by atoms with Crippen LogP contribution in [0.4, 0.5) is 10.7 Å². The first-order valence-corrected chi connectivity index (χ1v) is 6.32. The summed E-state index contributed by atoms with van der Waals surface area (Å²) in [5.41, 5.74) is 2.43. The summed E-state index contributed by atoms with van der Waals surface area (Å²) in [6.45, 7) is 0. The summed E-state index contributed by atoms with van der Waals surface area (Å²) in [5, 5.41) is 12.5. The molecule has 0 aliphatic carbocycles. The van der Waals surface area contributed by atoms with E-state index in [1.807, 2.05) is 24.3 Å².